The van der Waals surface area contributed by atoms with Gasteiger partial charge in [0.15, 0.2) is 0 Å². The highest BCUT2D eigenvalue weighted by molar-refractivity contribution is 9.10. The van der Waals surface area contributed by atoms with Gasteiger partial charge in [-0.2, -0.15) is 4.98 Å². The lowest BCUT2D eigenvalue weighted by Gasteiger charge is -2.41. The number of piperidine rings is 2. The summed E-state index contributed by atoms with van der Waals surface area (Å²) in [5.74, 6) is -2.20. The maximum atomic E-state index is 15.2. The van der Waals surface area contributed by atoms with Gasteiger partial charge in [-0.05, 0) is 109 Å². The van der Waals surface area contributed by atoms with Gasteiger partial charge in [0, 0.05) is 85.4 Å². The molecule has 9 rings (SSSR count). The van der Waals surface area contributed by atoms with Crippen LogP contribution in [0.3, 0.4) is 0 Å². The molecule has 4 aliphatic rings. The predicted molar refractivity (Wildman–Crippen MR) is 217 cm³/mol. The molecular weight excluding hydrogens is 794 g/mol. The zero-order chi connectivity index (χ0) is 39.7. The molecule has 14 heteroatoms. The lowest BCUT2D eigenvalue weighted by molar-refractivity contribution is -0.134. The summed E-state index contributed by atoms with van der Waals surface area (Å²) in [5.41, 5.74) is 4.91. The van der Waals surface area contributed by atoms with Crippen LogP contribution in [0.2, 0.25) is 0 Å². The Kier molecular flexibility index (Phi) is 9.46. The van der Waals surface area contributed by atoms with E-state index in [1.165, 1.54) is 12.1 Å². The minimum absolute atomic E-state index is 0.0365. The molecule has 2 aromatic heterocycles. The number of benzene rings is 3. The number of aromatic nitrogens is 4. The summed E-state index contributed by atoms with van der Waals surface area (Å²) >= 11 is 3.58. The fraction of sp³-hybridized carbons (Fsp3) is 0.395. The molecule has 0 aliphatic carbocycles. The van der Waals surface area contributed by atoms with Crippen molar-refractivity contribution in [2.75, 3.05) is 42.5 Å². The molecule has 11 nitrogen and oxygen atoms in total. The first-order valence-electron chi connectivity index (χ1n) is 19.6. The smallest absolute Gasteiger partial charge is 0.281 e. The van der Waals surface area contributed by atoms with Crippen LogP contribution in [-0.4, -0.2) is 75.0 Å². The molecule has 57 heavy (non-hydrogen) atoms. The second kappa shape index (κ2) is 14.4. The SMILES string of the molecule is C[C@@H]1CN(Cc2cnc(N3CCC(c4cc(F)c(C5CCC(=O)NC5=O)c(F)c4)CC3)nc2)CCN1c1ccc2c(c1)-n1c(nc(=O)c3c(Br)cccc31)C2(C)C. The number of hydrogen-bond donors (Lipinski definition) is 1. The van der Waals surface area contributed by atoms with Crippen molar-refractivity contribution in [2.24, 2.45) is 0 Å². The average Bonchev–Trinajstić information content (AvgIpc) is 3.41. The molecule has 294 valence electrons. The number of piperazine rings is 1. The molecule has 0 spiro atoms. The van der Waals surface area contributed by atoms with E-state index in [-0.39, 0.29) is 35.9 Å². The van der Waals surface area contributed by atoms with E-state index < -0.39 is 34.8 Å². The van der Waals surface area contributed by atoms with Gasteiger partial charge in [0.2, 0.25) is 17.8 Å². The summed E-state index contributed by atoms with van der Waals surface area (Å²) in [7, 11) is 0. The minimum Gasteiger partial charge on any atom is -0.366 e. The molecular formula is C43H43BrF2N8O3. The van der Waals surface area contributed by atoms with E-state index in [4.69, 9.17) is 9.97 Å². The second-order valence-electron chi connectivity index (χ2n) is 16.4. The van der Waals surface area contributed by atoms with Crippen molar-refractivity contribution < 1.29 is 18.4 Å². The molecule has 5 aromatic rings. The van der Waals surface area contributed by atoms with E-state index in [1.54, 1.807) is 0 Å². The van der Waals surface area contributed by atoms with Crippen LogP contribution in [0, 0.1) is 11.6 Å². The van der Waals surface area contributed by atoms with Crippen molar-refractivity contribution in [1.29, 1.82) is 0 Å². The van der Waals surface area contributed by atoms with Gasteiger partial charge in [-0.1, -0.05) is 12.1 Å². The lowest BCUT2D eigenvalue weighted by Crippen LogP contribution is -2.51. The van der Waals surface area contributed by atoms with E-state index in [1.807, 2.05) is 30.6 Å². The van der Waals surface area contributed by atoms with Gasteiger partial charge in [-0.25, -0.2) is 18.7 Å². The van der Waals surface area contributed by atoms with E-state index in [0.29, 0.717) is 42.8 Å². The molecule has 3 aromatic carbocycles. The Hall–Kier alpha value is -5.08. The number of halogens is 3. The fourth-order valence-electron chi connectivity index (χ4n) is 9.39. The summed E-state index contributed by atoms with van der Waals surface area (Å²) in [6, 6.07) is 15.4. The third-order valence-electron chi connectivity index (χ3n) is 12.4. The summed E-state index contributed by atoms with van der Waals surface area (Å²) in [5, 5.41) is 2.77. The quantitative estimate of drug-likeness (QED) is 0.192. The van der Waals surface area contributed by atoms with Gasteiger partial charge < -0.3 is 9.80 Å². The van der Waals surface area contributed by atoms with Crippen molar-refractivity contribution in [3.8, 4) is 5.69 Å². The van der Waals surface area contributed by atoms with Crippen molar-refractivity contribution in [3.63, 3.8) is 0 Å². The first-order chi connectivity index (χ1) is 27.4. The number of imide groups is 1. The highest BCUT2D eigenvalue weighted by Crippen LogP contribution is 2.45. The largest absolute Gasteiger partial charge is 0.366 e. The van der Waals surface area contributed by atoms with Gasteiger partial charge in [0.1, 0.15) is 17.5 Å². The van der Waals surface area contributed by atoms with Gasteiger partial charge >= 0.3 is 0 Å². The van der Waals surface area contributed by atoms with Crippen LogP contribution < -0.4 is 20.7 Å². The van der Waals surface area contributed by atoms with Gasteiger partial charge in [-0.15, -0.1) is 0 Å². The molecule has 4 aliphatic heterocycles. The Morgan fingerprint density at radius 3 is 2.37 bits per heavy atom. The lowest BCUT2D eigenvalue weighted by atomic mass is 9.85. The fourth-order valence-corrected chi connectivity index (χ4v) is 9.91. The number of hydrogen-bond acceptors (Lipinski definition) is 9. The molecule has 0 saturated carbocycles. The summed E-state index contributed by atoms with van der Waals surface area (Å²) in [6.45, 7) is 11.1. The minimum atomic E-state index is -1.01. The number of anilines is 2. The molecule has 3 fully saturated rings. The van der Waals surface area contributed by atoms with Crippen LogP contribution in [0.15, 0.2) is 70.2 Å². The van der Waals surface area contributed by atoms with Crippen molar-refractivity contribution >= 4 is 50.3 Å². The van der Waals surface area contributed by atoms with Crippen molar-refractivity contribution in [3.05, 3.63) is 115 Å². The Balaban J connectivity index is 0.825. The van der Waals surface area contributed by atoms with Crippen LogP contribution in [0.4, 0.5) is 20.4 Å². The van der Waals surface area contributed by atoms with Crippen LogP contribution in [0.1, 0.15) is 86.4 Å². The molecule has 1 unspecified atom stereocenters. The average molecular weight is 838 g/mol. The maximum absolute atomic E-state index is 15.2. The number of nitrogens with zero attached hydrogens (tertiary/aromatic N) is 7. The highest BCUT2D eigenvalue weighted by atomic mass is 79.9. The number of rotatable bonds is 6. The van der Waals surface area contributed by atoms with Gasteiger partial charge in [0.25, 0.3) is 5.56 Å². The Bertz CT molecular complexity index is 2480. The number of carbonyl (C=O) groups excluding carboxylic acids is 2. The zero-order valence-corrected chi connectivity index (χ0v) is 33.7. The molecule has 0 bridgehead atoms. The molecule has 2 amide bonds. The summed E-state index contributed by atoms with van der Waals surface area (Å²) < 4.78 is 33.3. The Morgan fingerprint density at radius 2 is 1.67 bits per heavy atom. The topological polar surface area (TPSA) is 117 Å². The van der Waals surface area contributed by atoms with Crippen LogP contribution in [-0.2, 0) is 21.5 Å². The van der Waals surface area contributed by atoms with Crippen molar-refractivity contribution in [2.45, 2.75) is 76.3 Å². The van der Waals surface area contributed by atoms with E-state index in [9.17, 15) is 14.4 Å². The molecule has 0 radical (unpaired) electrons. The summed E-state index contributed by atoms with van der Waals surface area (Å²) in [6.07, 6.45) is 5.31. The number of carbonyl (C=O) groups is 2. The third kappa shape index (κ3) is 6.60. The molecule has 6 heterocycles. The Morgan fingerprint density at radius 1 is 0.930 bits per heavy atom. The molecule has 2 atom stereocenters. The monoisotopic (exact) mass is 836 g/mol. The highest BCUT2D eigenvalue weighted by Gasteiger charge is 2.40. The standard InChI is InChI=1S/C43H43BrF2N8O3/c1-24-22-51(15-16-53(24)28-7-9-30-35(19-28)54-34-6-4-5-31(44)38(34)40(57)50-41(54)43(30,2)3)23-25-20-47-42(48-21-25)52-13-11-26(12-14-52)27-17-32(45)37(33(46)18-27)29-8-10-36(55)49-39(29)56/h4-7,9,17-21,24,26,29H,8,10-16,22-23H2,1-3H3,(H,49,55,56)/t24-,29?/m1/s1. The van der Waals surface area contributed by atoms with Crippen LogP contribution in [0.5, 0.6) is 0 Å². The van der Waals surface area contributed by atoms with Crippen LogP contribution in [0.25, 0.3) is 16.6 Å². The number of amides is 2. The third-order valence-corrected chi connectivity index (χ3v) is 13.1. The number of fused-ring (bicyclic) bond motifs is 5. The van der Waals surface area contributed by atoms with E-state index >= 15 is 8.78 Å². The molecule has 1 N–H and O–H groups in total. The van der Waals surface area contributed by atoms with Gasteiger partial charge in [0.05, 0.1) is 27.9 Å². The first kappa shape index (κ1) is 37.5. The van der Waals surface area contributed by atoms with E-state index in [2.05, 4.69) is 84.5 Å². The summed E-state index contributed by atoms with van der Waals surface area (Å²) in [4.78, 5) is 57.9. The maximum Gasteiger partial charge on any atom is 0.281 e. The van der Waals surface area contributed by atoms with Crippen molar-refractivity contribution in [1.82, 2.24) is 29.7 Å². The normalized spacial score (nSPS) is 21.2. The van der Waals surface area contributed by atoms with Crippen LogP contribution >= 0.6 is 15.9 Å². The number of nitrogens with one attached hydrogen (secondary N) is 1. The molecule has 3 saturated heterocycles. The Labute approximate surface area is 337 Å². The first-order valence-corrected chi connectivity index (χ1v) is 20.4. The zero-order valence-electron chi connectivity index (χ0n) is 32.1. The second-order valence-corrected chi connectivity index (χ2v) is 17.2. The van der Waals surface area contributed by atoms with E-state index in [0.717, 1.165) is 64.5 Å². The van der Waals surface area contributed by atoms with Gasteiger partial charge in [-0.3, -0.25) is 29.2 Å². The predicted octanol–water partition coefficient (Wildman–Crippen LogP) is 6.47.